The van der Waals surface area contributed by atoms with Crippen LogP contribution in [0.15, 0.2) is 47.7 Å². The first-order valence-corrected chi connectivity index (χ1v) is 22.3. The van der Waals surface area contributed by atoms with Gasteiger partial charge in [-0.1, -0.05) is 24.8 Å². The number of aromatic nitrogens is 7. The zero-order chi connectivity index (χ0) is 44.2. The maximum atomic E-state index is 14.3. The molecule has 0 spiro atoms. The Bertz CT molecular complexity index is 2740. The van der Waals surface area contributed by atoms with Gasteiger partial charge in [0.05, 0.1) is 59.4 Å². The normalized spacial score (nSPS) is 26.2. The number of imide groups is 1. The number of anilines is 2. The van der Waals surface area contributed by atoms with E-state index < -0.39 is 30.0 Å². The number of imidazole rings is 1. The fourth-order valence-corrected chi connectivity index (χ4v) is 10.5. The Labute approximate surface area is 367 Å². The Kier molecular flexibility index (Phi) is 11.3. The van der Waals surface area contributed by atoms with Crippen molar-refractivity contribution >= 4 is 45.9 Å². The van der Waals surface area contributed by atoms with Gasteiger partial charge in [-0.3, -0.25) is 33.5 Å². The van der Waals surface area contributed by atoms with Crippen molar-refractivity contribution in [3.63, 3.8) is 0 Å². The van der Waals surface area contributed by atoms with E-state index in [0.717, 1.165) is 70.5 Å². The molecule has 5 fully saturated rings. The molecule has 0 radical (unpaired) electrons. The first-order chi connectivity index (χ1) is 31.0. The van der Waals surface area contributed by atoms with Gasteiger partial charge in [-0.2, -0.15) is 10.2 Å². The van der Waals surface area contributed by atoms with Crippen molar-refractivity contribution in [2.24, 2.45) is 18.9 Å². The summed E-state index contributed by atoms with van der Waals surface area (Å²) in [4.78, 5) is 60.6. The molecule has 4 aliphatic heterocycles. The molecular formula is C45H51F2N11O6. The highest BCUT2D eigenvalue weighted by atomic mass is 19.3. The van der Waals surface area contributed by atoms with Crippen LogP contribution in [0, 0.1) is 23.7 Å². The summed E-state index contributed by atoms with van der Waals surface area (Å²) in [5, 5.41) is 13.6. The molecule has 4 aromatic heterocycles. The third kappa shape index (κ3) is 7.96. The topological polar surface area (TPSA) is 175 Å². The molecule has 1 unspecified atom stereocenters. The van der Waals surface area contributed by atoms with Gasteiger partial charge in [0.15, 0.2) is 11.3 Å². The van der Waals surface area contributed by atoms with E-state index in [9.17, 15) is 28.0 Å². The summed E-state index contributed by atoms with van der Waals surface area (Å²) in [6.07, 6.45) is 7.77. The zero-order valence-electron chi connectivity index (χ0n) is 35.8. The van der Waals surface area contributed by atoms with E-state index in [0.29, 0.717) is 34.8 Å². The van der Waals surface area contributed by atoms with Crippen molar-refractivity contribution in [3.8, 4) is 11.8 Å². The van der Waals surface area contributed by atoms with Gasteiger partial charge in [0.2, 0.25) is 11.8 Å². The number of nitrogens with one attached hydrogen (secondary N) is 2. The summed E-state index contributed by atoms with van der Waals surface area (Å²) < 4.78 is 46.7. The minimum Gasteiger partial charge on any atom is -0.374 e. The van der Waals surface area contributed by atoms with Gasteiger partial charge in [0.1, 0.15) is 24.0 Å². The minimum atomic E-state index is -2.87. The lowest BCUT2D eigenvalue weighted by Crippen LogP contribution is -2.45. The summed E-state index contributed by atoms with van der Waals surface area (Å²) in [5.74, 6) is 6.42. The fourth-order valence-electron chi connectivity index (χ4n) is 10.5. The van der Waals surface area contributed by atoms with E-state index in [2.05, 4.69) is 49.4 Å². The van der Waals surface area contributed by atoms with Gasteiger partial charge < -0.3 is 24.6 Å². The van der Waals surface area contributed by atoms with Gasteiger partial charge in [0.25, 0.3) is 12.3 Å². The van der Waals surface area contributed by atoms with Gasteiger partial charge in [-0.15, -0.1) is 0 Å². The molecule has 2 N–H and O–H groups in total. The molecule has 5 atom stereocenters. The number of hydrogen-bond donors (Lipinski definition) is 2. The Morgan fingerprint density at radius 2 is 1.92 bits per heavy atom. The molecule has 336 valence electrons. The number of piperidine rings is 2. The maximum absolute atomic E-state index is 14.3. The number of halogens is 2. The molecule has 4 saturated heterocycles. The lowest BCUT2D eigenvalue weighted by atomic mass is 9.85. The Balaban J connectivity index is 0.711. The van der Waals surface area contributed by atoms with E-state index >= 15 is 0 Å². The smallest absolute Gasteiger partial charge is 0.329 e. The van der Waals surface area contributed by atoms with Crippen LogP contribution in [0.3, 0.4) is 0 Å². The van der Waals surface area contributed by atoms with Gasteiger partial charge in [0, 0.05) is 52.0 Å². The second-order valence-electron chi connectivity index (χ2n) is 18.0. The molecule has 10 rings (SSSR count). The first kappa shape index (κ1) is 42.0. The molecular weight excluding hydrogens is 829 g/mol. The number of alkyl halides is 2. The molecule has 1 saturated carbocycles. The number of ether oxygens (including phenoxy) is 2. The first-order valence-electron chi connectivity index (χ1n) is 22.3. The lowest BCUT2D eigenvalue weighted by molar-refractivity contribution is -0.135. The van der Waals surface area contributed by atoms with Gasteiger partial charge in [-0.05, 0) is 75.0 Å². The highest BCUT2D eigenvalue weighted by Gasteiger charge is 2.40. The number of amides is 3. The molecule has 8 heterocycles. The van der Waals surface area contributed by atoms with E-state index in [4.69, 9.17) is 14.5 Å². The molecule has 5 aliphatic rings. The SMILES string of the molecule is C[C@@H]1CN(C[C@H]2CC[C@H](n3cc(NC(=O)c4cnn5ccc(N6C[C@@H]7C[C@H]6CO7)nc45)c(C(F)F)n3)CC2)CC[C@H]1OCC#Cc1cccc2c1n(C)c(=O)n2C1CCC(=O)NC1=O. The van der Waals surface area contributed by atoms with Crippen LogP contribution in [0.25, 0.3) is 16.7 Å². The number of rotatable bonds is 10. The minimum absolute atomic E-state index is 0.0114. The van der Waals surface area contributed by atoms with Crippen LogP contribution in [0.4, 0.5) is 20.3 Å². The van der Waals surface area contributed by atoms with Crippen molar-refractivity contribution in [1.82, 2.24) is 43.7 Å². The van der Waals surface area contributed by atoms with Crippen molar-refractivity contribution in [1.29, 1.82) is 0 Å². The van der Waals surface area contributed by atoms with E-state index in [1.54, 1.807) is 24.0 Å². The third-order valence-electron chi connectivity index (χ3n) is 13.8. The number of hydrogen-bond acceptors (Lipinski definition) is 11. The van der Waals surface area contributed by atoms with Crippen LogP contribution in [-0.2, 0) is 26.1 Å². The molecule has 1 aliphatic carbocycles. The van der Waals surface area contributed by atoms with Crippen LogP contribution >= 0.6 is 0 Å². The van der Waals surface area contributed by atoms with Crippen molar-refractivity contribution in [2.45, 2.75) is 95.0 Å². The molecule has 17 nitrogen and oxygen atoms in total. The second-order valence-corrected chi connectivity index (χ2v) is 18.0. The van der Waals surface area contributed by atoms with Crippen LogP contribution in [0.2, 0.25) is 0 Å². The Hall–Kier alpha value is -5.97. The number of likely N-dealkylation sites (tertiary alicyclic amines) is 1. The van der Waals surface area contributed by atoms with Crippen LogP contribution < -0.4 is 21.2 Å². The monoisotopic (exact) mass is 879 g/mol. The van der Waals surface area contributed by atoms with Gasteiger partial charge >= 0.3 is 5.69 Å². The third-order valence-corrected chi connectivity index (χ3v) is 13.8. The van der Waals surface area contributed by atoms with Crippen molar-refractivity contribution < 1.29 is 32.6 Å². The number of carbonyl (C=O) groups excluding carboxylic acids is 3. The highest BCUT2D eigenvalue weighted by molar-refractivity contribution is 6.08. The quantitative estimate of drug-likeness (QED) is 0.152. The zero-order valence-corrected chi connectivity index (χ0v) is 35.8. The summed E-state index contributed by atoms with van der Waals surface area (Å²) in [5.41, 5.74) is 1.62. The Morgan fingerprint density at radius 1 is 1.08 bits per heavy atom. The number of para-hydroxylation sites is 1. The number of aryl methyl sites for hydroxylation is 1. The van der Waals surface area contributed by atoms with Gasteiger partial charge in [-0.25, -0.2) is 23.1 Å². The predicted molar refractivity (Wildman–Crippen MR) is 230 cm³/mol. The van der Waals surface area contributed by atoms with Crippen LogP contribution in [0.1, 0.15) is 98.4 Å². The summed E-state index contributed by atoms with van der Waals surface area (Å²) in [7, 11) is 1.66. The number of fused-ring (bicyclic) bond motifs is 4. The summed E-state index contributed by atoms with van der Waals surface area (Å²) in [6, 6.07) is 6.73. The predicted octanol–water partition coefficient (Wildman–Crippen LogP) is 4.23. The van der Waals surface area contributed by atoms with E-state index in [-0.39, 0.29) is 72.5 Å². The Morgan fingerprint density at radius 3 is 2.67 bits per heavy atom. The van der Waals surface area contributed by atoms with E-state index in [1.165, 1.54) is 26.0 Å². The lowest BCUT2D eigenvalue weighted by Gasteiger charge is -2.39. The fraction of sp³-hybridized carbons (Fsp3) is 0.533. The number of carbonyl (C=O) groups is 3. The molecule has 2 bridgehead atoms. The summed E-state index contributed by atoms with van der Waals surface area (Å²) in [6.45, 7) is 6.55. The second kappa shape index (κ2) is 17.2. The molecule has 5 aromatic rings. The van der Waals surface area contributed by atoms with Crippen molar-refractivity contribution in [3.05, 3.63) is 70.2 Å². The molecule has 64 heavy (non-hydrogen) atoms. The molecule has 3 amide bonds. The largest absolute Gasteiger partial charge is 0.374 e. The number of morpholine rings is 1. The number of benzene rings is 1. The van der Waals surface area contributed by atoms with Crippen LogP contribution in [0.5, 0.6) is 0 Å². The molecule has 19 heteroatoms. The average molecular weight is 880 g/mol. The summed E-state index contributed by atoms with van der Waals surface area (Å²) >= 11 is 0. The maximum Gasteiger partial charge on any atom is 0.329 e. The van der Waals surface area contributed by atoms with Crippen LogP contribution in [-0.4, -0.2) is 114 Å². The molecule has 1 aromatic carbocycles. The number of nitrogens with zero attached hydrogens (tertiary/aromatic N) is 9. The van der Waals surface area contributed by atoms with Crippen molar-refractivity contribution in [2.75, 3.05) is 49.6 Å². The standard InChI is InChI=1S/C45H51F2N11O6/c1-26-21-54(16-14-36(26)63-18-4-6-28-5-3-7-34-40(28)53(2)45(62)58(34)35-12-13-38(59)51-44(35)61)22-27-8-10-29(11-9-27)57-24-33(39(52-57)41(46)47)49-43(60)32-20-48-56-17-15-37(50-42(32)56)55-23-31-19-30(55)25-64-31/h3,5,7,15,17,20,24,26-27,29-31,35-36,41H,8-14,16,18-19,21-23,25H2,1-2H3,(H,49,60)(H,51,59,61)/t26-,27-,29-,30+,31+,35?,36-/m1/s1. The van der Waals surface area contributed by atoms with E-state index in [1.807, 2.05) is 18.2 Å². The average Bonchev–Trinajstić information content (AvgIpc) is 4.13. The highest BCUT2D eigenvalue weighted by Crippen LogP contribution is 2.37.